The SMILES string of the molecule is C=C(C#N)c1cc(Br)c(Oc2ccc([N+](=O)[O-])c(Nc3ccc(C#N)cc3)n2)cc1OC. The highest BCUT2D eigenvalue weighted by atomic mass is 79.9. The zero-order valence-corrected chi connectivity index (χ0v) is 18.2. The molecule has 1 heterocycles. The molecule has 1 aromatic heterocycles. The summed E-state index contributed by atoms with van der Waals surface area (Å²) in [5, 5.41) is 32.3. The average Bonchev–Trinajstić information content (AvgIpc) is 2.80. The quantitative estimate of drug-likeness (QED) is 0.252. The maximum Gasteiger partial charge on any atom is 0.311 e. The summed E-state index contributed by atoms with van der Waals surface area (Å²) in [5.74, 6) is 0.741. The maximum absolute atomic E-state index is 11.4. The Bertz CT molecular complexity index is 1290. The van der Waals surface area contributed by atoms with Gasteiger partial charge in [0, 0.05) is 29.4 Å². The zero-order valence-electron chi connectivity index (χ0n) is 16.6. The van der Waals surface area contributed by atoms with Crippen LogP contribution in [0.5, 0.6) is 17.4 Å². The van der Waals surface area contributed by atoms with Crippen LogP contribution in [-0.2, 0) is 0 Å². The Balaban J connectivity index is 1.96. The highest BCUT2D eigenvalue weighted by molar-refractivity contribution is 9.10. The highest BCUT2D eigenvalue weighted by Crippen LogP contribution is 2.38. The lowest BCUT2D eigenvalue weighted by Gasteiger charge is -2.13. The van der Waals surface area contributed by atoms with Crippen molar-refractivity contribution < 1.29 is 14.4 Å². The van der Waals surface area contributed by atoms with Crippen LogP contribution in [0.15, 0.2) is 59.6 Å². The molecular weight excluding hydrogens is 478 g/mol. The standard InChI is InChI=1S/C22H14BrN5O4/c1-13(11-24)16-9-17(23)20(10-19(16)31-2)32-21-8-7-18(28(29)30)22(27-21)26-15-5-3-14(12-25)4-6-15/h3-10H,1H2,2H3,(H,26,27). The third-order valence-electron chi connectivity index (χ3n) is 4.25. The van der Waals surface area contributed by atoms with Crippen LogP contribution in [0.1, 0.15) is 11.1 Å². The number of nitro groups is 1. The van der Waals surface area contributed by atoms with E-state index in [4.69, 9.17) is 20.0 Å². The van der Waals surface area contributed by atoms with Gasteiger partial charge in [0.15, 0.2) is 0 Å². The smallest absolute Gasteiger partial charge is 0.311 e. The van der Waals surface area contributed by atoms with E-state index in [1.165, 1.54) is 19.2 Å². The van der Waals surface area contributed by atoms with E-state index < -0.39 is 4.92 Å². The van der Waals surface area contributed by atoms with Gasteiger partial charge in [0.2, 0.25) is 11.7 Å². The van der Waals surface area contributed by atoms with E-state index in [1.54, 1.807) is 36.4 Å². The number of benzene rings is 2. The summed E-state index contributed by atoms with van der Waals surface area (Å²) in [6, 6.07) is 16.2. The van der Waals surface area contributed by atoms with Crippen LogP contribution in [0.3, 0.4) is 0 Å². The Morgan fingerprint density at radius 2 is 1.91 bits per heavy atom. The van der Waals surface area contributed by atoms with Gasteiger partial charge in [-0.25, -0.2) is 0 Å². The second kappa shape index (κ2) is 9.60. The fraction of sp³-hybridized carbons (Fsp3) is 0.0455. The largest absolute Gasteiger partial charge is 0.496 e. The lowest BCUT2D eigenvalue weighted by molar-refractivity contribution is -0.384. The van der Waals surface area contributed by atoms with Crippen LogP contribution in [0.2, 0.25) is 0 Å². The minimum atomic E-state index is -0.565. The van der Waals surface area contributed by atoms with Crippen molar-refractivity contribution in [2.45, 2.75) is 0 Å². The molecule has 0 unspecified atom stereocenters. The van der Waals surface area contributed by atoms with E-state index >= 15 is 0 Å². The van der Waals surface area contributed by atoms with Gasteiger partial charge < -0.3 is 14.8 Å². The van der Waals surface area contributed by atoms with Gasteiger partial charge in [-0.1, -0.05) is 6.58 Å². The lowest BCUT2D eigenvalue weighted by Crippen LogP contribution is -2.01. The number of hydrogen-bond donors (Lipinski definition) is 1. The molecule has 1 N–H and O–H groups in total. The Morgan fingerprint density at radius 3 is 2.50 bits per heavy atom. The summed E-state index contributed by atoms with van der Waals surface area (Å²) >= 11 is 3.38. The number of pyridine rings is 1. The van der Waals surface area contributed by atoms with Gasteiger partial charge in [-0.2, -0.15) is 15.5 Å². The van der Waals surface area contributed by atoms with Gasteiger partial charge in [-0.05, 0) is 46.3 Å². The van der Waals surface area contributed by atoms with E-state index in [1.807, 2.05) is 12.1 Å². The zero-order chi connectivity index (χ0) is 23.3. The van der Waals surface area contributed by atoms with Crippen molar-refractivity contribution in [3.05, 3.63) is 80.8 Å². The number of anilines is 2. The second-order valence-corrected chi connectivity index (χ2v) is 7.12. The molecule has 2 aromatic carbocycles. The molecule has 0 bridgehead atoms. The number of aromatic nitrogens is 1. The molecule has 158 valence electrons. The first-order valence-electron chi connectivity index (χ1n) is 8.93. The van der Waals surface area contributed by atoms with Gasteiger partial charge >= 0.3 is 5.69 Å². The van der Waals surface area contributed by atoms with Gasteiger partial charge in [0.25, 0.3) is 0 Å². The first kappa shape index (κ1) is 22.3. The van der Waals surface area contributed by atoms with Crippen molar-refractivity contribution in [2.24, 2.45) is 0 Å². The van der Waals surface area contributed by atoms with E-state index in [2.05, 4.69) is 32.8 Å². The third-order valence-corrected chi connectivity index (χ3v) is 4.87. The van der Waals surface area contributed by atoms with Crippen LogP contribution in [0.25, 0.3) is 5.57 Å². The molecule has 0 aliphatic carbocycles. The molecule has 0 saturated carbocycles. The van der Waals surface area contributed by atoms with E-state index in [0.29, 0.717) is 32.8 Å². The Hall–Kier alpha value is -4.41. The van der Waals surface area contributed by atoms with Crippen LogP contribution < -0.4 is 14.8 Å². The molecular formula is C22H14BrN5O4. The fourth-order valence-electron chi connectivity index (χ4n) is 2.69. The van der Waals surface area contributed by atoms with Crippen molar-refractivity contribution in [2.75, 3.05) is 12.4 Å². The minimum absolute atomic E-state index is 0.0326. The summed E-state index contributed by atoms with van der Waals surface area (Å²) in [7, 11) is 1.45. The molecule has 0 spiro atoms. The monoisotopic (exact) mass is 491 g/mol. The molecule has 10 heteroatoms. The number of rotatable bonds is 7. The number of nitriles is 2. The number of nitrogens with zero attached hydrogens (tertiary/aromatic N) is 4. The Labute approximate surface area is 191 Å². The molecule has 0 radical (unpaired) electrons. The van der Waals surface area contributed by atoms with E-state index in [0.717, 1.165) is 0 Å². The molecule has 3 aromatic rings. The molecule has 0 atom stereocenters. The van der Waals surface area contributed by atoms with Crippen LogP contribution in [0.4, 0.5) is 17.2 Å². The number of nitrogens with one attached hydrogen (secondary N) is 1. The molecule has 0 aliphatic heterocycles. The number of ether oxygens (including phenoxy) is 2. The first-order chi connectivity index (χ1) is 15.4. The molecule has 0 amide bonds. The van der Waals surface area contributed by atoms with Gasteiger partial charge in [-0.15, -0.1) is 0 Å². The summed E-state index contributed by atoms with van der Waals surface area (Å²) < 4.78 is 11.6. The van der Waals surface area contributed by atoms with Crippen molar-refractivity contribution in [3.8, 4) is 29.5 Å². The predicted molar refractivity (Wildman–Crippen MR) is 121 cm³/mol. The third kappa shape index (κ3) is 4.83. The summed E-state index contributed by atoms with van der Waals surface area (Å²) in [6.45, 7) is 3.69. The molecule has 0 fully saturated rings. The minimum Gasteiger partial charge on any atom is -0.496 e. The number of hydrogen-bond acceptors (Lipinski definition) is 8. The van der Waals surface area contributed by atoms with Crippen LogP contribution >= 0.6 is 15.9 Å². The molecule has 3 rings (SSSR count). The van der Waals surface area contributed by atoms with Crippen molar-refractivity contribution in [3.63, 3.8) is 0 Å². The van der Waals surface area contributed by atoms with Gasteiger partial charge in [0.1, 0.15) is 11.5 Å². The fourth-order valence-corrected chi connectivity index (χ4v) is 3.11. The van der Waals surface area contributed by atoms with Gasteiger partial charge in [-0.3, -0.25) is 10.1 Å². The van der Waals surface area contributed by atoms with Crippen molar-refractivity contribution in [1.82, 2.24) is 4.98 Å². The van der Waals surface area contributed by atoms with Crippen molar-refractivity contribution >= 4 is 38.7 Å². The highest BCUT2D eigenvalue weighted by Gasteiger charge is 2.19. The maximum atomic E-state index is 11.4. The summed E-state index contributed by atoms with van der Waals surface area (Å²) in [6.07, 6.45) is 0. The number of halogens is 1. The second-order valence-electron chi connectivity index (χ2n) is 6.26. The molecule has 0 saturated heterocycles. The molecule has 32 heavy (non-hydrogen) atoms. The first-order valence-corrected chi connectivity index (χ1v) is 9.73. The van der Waals surface area contributed by atoms with E-state index in [9.17, 15) is 10.1 Å². The normalized spacial score (nSPS) is 9.88. The Kier molecular flexibility index (Phi) is 6.68. The topological polar surface area (TPSA) is 134 Å². The number of allylic oxidation sites excluding steroid dienone is 1. The lowest BCUT2D eigenvalue weighted by atomic mass is 10.1. The van der Waals surface area contributed by atoms with Crippen LogP contribution in [-0.4, -0.2) is 17.0 Å². The average molecular weight is 492 g/mol. The Morgan fingerprint density at radius 1 is 1.19 bits per heavy atom. The van der Waals surface area contributed by atoms with Crippen molar-refractivity contribution in [1.29, 1.82) is 10.5 Å². The summed E-state index contributed by atoms with van der Waals surface area (Å²) in [4.78, 5) is 15.1. The number of methoxy groups -OCH3 is 1. The van der Waals surface area contributed by atoms with E-state index in [-0.39, 0.29) is 23.0 Å². The van der Waals surface area contributed by atoms with Gasteiger partial charge in [0.05, 0.1) is 39.8 Å². The van der Waals surface area contributed by atoms with Crippen LogP contribution in [0, 0.1) is 32.8 Å². The molecule has 0 aliphatic rings. The summed E-state index contributed by atoms with van der Waals surface area (Å²) in [5.41, 5.74) is 1.43. The predicted octanol–water partition coefficient (Wildman–Crippen LogP) is 5.71. The molecule has 9 nitrogen and oxygen atoms in total.